The van der Waals surface area contributed by atoms with Crippen LogP contribution in [0.4, 0.5) is 11.4 Å². The van der Waals surface area contributed by atoms with Crippen molar-refractivity contribution in [3.63, 3.8) is 0 Å². The van der Waals surface area contributed by atoms with Gasteiger partial charge in [-0.25, -0.2) is 0 Å². The molecule has 24 heavy (non-hydrogen) atoms. The SMILES string of the molecule is CN(Cc1ccccc1)C(=O)CCCNc1ccccc1[N+](=O)[O-]. The molecule has 2 aromatic carbocycles. The molecular weight excluding hydrogens is 306 g/mol. The van der Waals surface area contributed by atoms with Crippen LogP contribution in [0, 0.1) is 10.1 Å². The van der Waals surface area contributed by atoms with Gasteiger partial charge in [0.2, 0.25) is 5.91 Å². The molecule has 0 radical (unpaired) electrons. The van der Waals surface area contributed by atoms with Crippen LogP contribution < -0.4 is 5.32 Å². The second kappa shape index (κ2) is 8.67. The number of carbonyl (C=O) groups excluding carboxylic acids is 1. The molecule has 0 spiro atoms. The number of hydrogen-bond donors (Lipinski definition) is 1. The zero-order chi connectivity index (χ0) is 17.4. The zero-order valence-electron chi connectivity index (χ0n) is 13.6. The molecule has 2 aromatic rings. The van der Waals surface area contributed by atoms with E-state index in [-0.39, 0.29) is 11.6 Å². The lowest BCUT2D eigenvalue weighted by Gasteiger charge is -2.17. The molecule has 0 unspecified atom stereocenters. The van der Waals surface area contributed by atoms with Crippen LogP contribution in [0.15, 0.2) is 54.6 Å². The Hall–Kier alpha value is -2.89. The molecule has 2 rings (SSSR count). The first-order valence-corrected chi connectivity index (χ1v) is 7.83. The van der Waals surface area contributed by atoms with Crippen LogP contribution in [0.5, 0.6) is 0 Å². The third kappa shape index (κ3) is 5.08. The summed E-state index contributed by atoms with van der Waals surface area (Å²) >= 11 is 0. The first-order chi connectivity index (χ1) is 11.6. The summed E-state index contributed by atoms with van der Waals surface area (Å²) in [6, 6.07) is 16.3. The number of hydrogen-bond acceptors (Lipinski definition) is 4. The molecular formula is C18H21N3O3. The van der Waals surface area contributed by atoms with E-state index in [1.807, 2.05) is 30.3 Å². The average molecular weight is 327 g/mol. The fraction of sp³-hybridized carbons (Fsp3) is 0.278. The predicted octanol–water partition coefficient (Wildman–Crippen LogP) is 3.45. The maximum Gasteiger partial charge on any atom is 0.292 e. The number of nitro groups is 1. The van der Waals surface area contributed by atoms with Crippen molar-refractivity contribution in [3.8, 4) is 0 Å². The minimum absolute atomic E-state index is 0.0463. The molecule has 0 saturated carbocycles. The molecule has 0 bridgehead atoms. The third-order valence-electron chi connectivity index (χ3n) is 3.67. The van der Waals surface area contributed by atoms with Crippen molar-refractivity contribution >= 4 is 17.3 Å². The first kappa shape index (κ1) is 17.5. The highest BCUT2D eigenvalue weighted by atomic mass is 16.6. The second-order valence-electron chi connectivity index (χ2n) is 5.54. The number of nitrogens with zero attached hydrogens (tertiary/aromatic N) is 2. The highest BCUT2D eigenvalue weighted by Crippen LogP contribution is 2.23. The van der Waals surface area contributed by atoms with Crippen molar-refractivity contribution in [1.82, 2.24) is 4.90 Å². The number of benzene rings is 2. The van der Waals surface area contributed by atoms with E-state index in [1.54, 1.807) is 30.1 Å². The number of para-hydroxylation sites is 2. The van der Waals surface area contributed by atoms with Crippen molar-refractivity contribution in [3.05, 3.63) is 70.3 Å². The minimum atomic E-state index is -0.416. The Morgan fingerprint density at radius 1 is 1.12 bits per heavy atom. The van der Waals surface area contributed by atoms with Crippen LogP contribution >= 0.6 is 0 Å². The lowest BCUT2D eigenvalue weighted by atomic mass is 10.2. The van der Waals surface area contributed by atoms with E-state index in [2.05, 4.69) is 5.32 Å². The van der Waals surface area contributed by atoms with Crippen LogP contribution in [0.25, 0.3) is 0 Å². The van der Waals surface area contributed by atoms with E-state index >= 15 is 0 Å². The molecule has 0 aliphatic carbocycles. The number of rotatable bonds is 8. The summed E-state index contributed by atoms with van der Waals surface area (Å²) in [4.78, 5) is 24.3. The van der Waals surface area contributed by atoms with Gasteiger partial charge in [-0.05, 0) is 18.1 Å². The van der Waals surface area contributed by atoms with Gasteiger partial charge in [0.05, 0.1) is 4.92 Å². The molecule has 1 amide bonds. The quantitative estimate of drug-likeness (QED) is 0.458. The maximum absolute atomic E-state index is 12.1. The van der Waals surface area contributed by atoms with Gasteiger partial charge in [-0.2, -0.15) is 0 Å². The van der Waals surface area contributed by atoms with Crippen LogP contribution in [0.2, 0.25) is 0 Å². The summed E-state index contributed by atoms with van der Waals surface area (Å²) in [6.07, 6.45) is 1.01. The smallest absolute Gasteiger partial charge is 0.292 e. The molecule has 1 N–H and O–H groups in total. The van der Waals surface area contributed by atoms with Gasteiger partial charge in [0.25, 0.3) is 5.69 Å². The Morgan fingerprint density at radius 2 is 1.79 bits per heavy atom. The van der Waals surface area contributed by atoms with E-state index in [4.69, 9.17) is 0 Å². The minimum Gasteiger partial charge on any atom is -0.379 e. The van der Waals surface area contributed by atoms with E-state index in [9.17, 15) is 14.9 Å². The van der Waals surface area contributed by atoms with Gasteiger partial charge >= 0.3 is 0 Å². The van der Waals surface area contributed by atoms with Crippen molar-refractivity contribution in [1.29, 1.82) is 0 Å². The summed E-state index contributed by atoms with van der Waals surface area (Å²) in [5.41, 5.74) is 1.61. The average Bonchev–Trinajstić information content (AvgIpc) is 2.59. The highest BCUT2D eigenvalue weighted by Gasteiger charge is 2.12. The Labute approximate surface area is 141 Å². The Morgan fingerprint density at radius 3 is 2.50 bits per heavy atom. The lowest BCUT2D eigenvalue weighted by Crippen LogP contribution is -2.26. The van der Waals surface area contributed by atoms with Gasteiger partial charge in [0.1, 0.15) is 5.69 Å². The molecule has 6 heteroatoms. The summed E-state index contributed by atoms with van der Waals surface area (Å²) in [5, 5.41) is 14.0. The van der Waals surface area contributed by atoms with Gasteiger partial charge < -0.3 is 10.2 Å². The molecule has 0 aromatic heterocycles. The fourth-order valence-corrected chi connectivity index (χ4v) is 2.38. The van der Waals surface area contributed by atoms with E-state index in [0.29, 0.717) is 31.6 Å². The normalized spacial score (nSPS) is 10.2. The molecule has 0 heterocycles. The topological polar surface area (TPSA) is 75.5 Å². The Balaban J connectivity index is 1.76. The van der Waals surface area contributed by atoms with Gasteiger partial charge in [-0.15, -0.1) is 0 Å². The van der Waals surface area contributed by atoms with Gasteiger partial charge in [0, 0.05) is 32.6 Å². The van der Waals surface area contributed by atoms with E-state index < -0.39 is 4.92 Å². The van der Waals surface area contributed by atoms with Crippen LogP contribution in [0.3, 0.4) is 0 Å². The van der Waals surface area contributed by atoms with E-state index in [0.717, 1.165) is 5.56 Å². The molecule has 0 fully saturated rings. The molecule has 0 aliphatic heterocycles. The molecule has 0 aliphatic rings. The van der Waals surface area contributed by atoms with Crippen molar-refractivity contribution in [2.45, 2.75) is 19.4 Å². The Kier molecular flexibility index (Phi) is 6.31. The molecule has 0 atom stereocenters. The number of nitrogens with one attached hydrogen (secondary N) is 1. The first-order valence-electron chi connectivity index (χ1n) is 7.83. The molecule has 0 saturated heterocycles. The number of amides is 1. The van der Waals surface area contributed by atoms with Gasteiger partial charge in [-0.1, -0.05) is 42.5 Å². The number of nitro benzene ring substituents is 1. The number of carbonyl (C=O) groups is 1. The lowest BCUT2D eigenvalue weighted by molar-refractivity contribution is -0.384. The van der Waals surface area contributed by atoms with Crippen molar-refractivity contribution < 1.29 is 9.72 Å². The van der Waals surface area contributed by atoms with Gasteiger partial charge in [-0.3, -0.25) is 14.9 Å². The third-order valence-corrected chi connectivity index (χ3v) is 3.67. The van der Waals surface area contributed by atoms with E-state index in [1.165, 1.54) is 6.07 Å². The molecule has 126 valence electrons. The van der Waals surface area contributed by atoms with Crippen LogP contribution in [0.1, 0.15) is 18.4 Å². The summed E-state index contributed by atoms with van der Waals surface area (Å²) in [7, 11) is 1.78. The van der Waals surface area contributed by atoms with Crippen molar-refractivity contribution in [2.75, 3.05) is 18.9 Å². The highest BCUT2D eigenvalue weighted by molar-refractivity contribution is 5.75. The maximum atomic E-state index is 12.1. The molecule has 6 nitrogen and oxygen atoms in total. The second-order valence-corrected chi connectivity index (χ2v) is 5.54. The summed E-state index contributed by atoms with van der Waals surface area (Å²) < 4.78 is 0. The largest absolute Gasteiger partial charge is 0.379 e. The summed E-state index contributed by atoms with van der Waals surface area (Å²) in [5.74, 6) is 0.0585. The van der Waals surface area contributed by atoms with Crippen LogP contribution in [-0.2, 0) is 11.3 Å². The standard InChI is InChI=1S/C18H21N3O3/c1-20(14-15-8-3-2-4-9-15)18(22)12-7-13-19-16-10-5-6-11-17(16)21(23)24/h2-6,8-11,19H,7,12-14H2,1H3. The monoisotopic (exact) mass is 327 g/mol. The fourth-order valence-electron chi connectivity index (χ4n) is 2.38. The van der Waals surface area contributed by atoms with Crippen molar-refractivity contribution in [2.24, 2.45) is 0 Å². The Bertz CT molecular complexity index is 689. The zero-order valence-corrected chi connectivity index (χ0v) is 13.6. The van der Waals surface area contributed by atoms with Gasteiger partial charge in [0.15, 0.2) is 0 Å². The summed E-state index contributed by atoms with van der Waals surface area (Å²) in [6.45, 7) is 1.09. The predicted molar refractivity (Wildman–Crippen MR) is 93.7 cm³/mol. The number of anilines is 1. The van der Waals surface area contributed by atoms with Crippen LogP contribution in [-0.4, -0.2) is 29.3 Å².